The van der Waals surface area contributed by atoms with E-state index in [-0.39, 0.29) is 17.9 Å². The molecule has 0 aliphatic carbocycles. The summed E-state index contributed by atoms with van der Waals surface area (Å²) in [4.78, 5) is 13.6. The Morgan fingerprint density at radius 3 is 2.55 bits per heavy atom. The normalized spacial score (nSPS) is 19.0. The van der Waals surface area contributed by atoms with E-state index < -0.39 is 11.7 Å². The number of thioether (sulfide) groups is 2. The monoisotopic (exact) mass is 351 g/mol. The zero-order valence-corrected chi connectivity index (χ0v) is 13.3. The Bertz CT molecular complexity index is 508. The van der Waals surface area contributed by atoms with Crippen LogP contribution in [0.3, 0.4) is 0 Å². The molecule has 0 spiro atoms. The van der Waals surface area contributed by atoms with E-state index in [1.807, 2.05) is 0 Å². The highest BCUT2D eigenvalue weighted by Gasteiger charge is 2.34. The molecule has 3 nitrogen and oxygen atoms in total. The van der Waals surface area contributed by atoms with E-state index in [0.29, 0.717) is 29.4 Å². The Kier molecular flexibility index (Phi) is 6.05. The standard InChI is InChI=1S/C14H16F3NO2S2/c15-14(16,17)11-3-1-10(2-4-11)13-18(12(20)9-22-13)5-7-21-8-6-19/h1-4,13,19H,5-9H2. The lowest BCUT2D eigenvalue weighted by Gasteiger charge is -2.24. The average molecular weight is 351 g/mol. The minimum Gasteiger partial charge on any atom is -0.396 e. The SMILES string of the molecule is O=C1CSC(c2ccc(C(F)(F)F)cc2)N1CCSCCO. The molecule has 0 bridgehead atoms. The van der Waals surface area contributed by atoms with Crippen LogP contribution in [0.2, 0.25) is 0 Å². The molecule has 1 heterocycles. The van der Waals surface area contributed by atoms with Gasteiger partial charge >= 0.3 is 6.18 Å². The third-order valence-corrected chi connectivity index (χ3v) is 5.40. The first-order valence-electron chi connectivity index (χ1n) is 6.70. The van der Waals surface area contributed by atoms with Gasteiger partial charge in [0.1, 0.15) is 5.37 Å². The van der Waals surface area contributed by atoms with Crippen LogP contribution in [0, 0.1) is 0 Å². The summed E-state index contributed by atoms with van der Waals surface area (Å²) in [6.07, 6.45) is -4.35. The van der Waals surface area contributed by atoms with Gasteiger partial charge in [0.2, 0.25) is 5.91 Å². The van der Waals surface area contributed by atoms with E-state index in [4.69, 9.17) is 5.11 Å². The Morgan fingerprint density at radius 2 is 1.95 bits per heavy atom. The summed E-state index contributed by atoms with van der Waals surface area (Å²) in [7, 11) is 0. The largest absolute Gasteiger partial charge is 0.416 e. The first kappa shape index (κ1) is 17.5. The van der Waals surface area contributed by atoms with Crippen LogP contribution < -0.4 is 0 Å². The van der Waals surface area contributed by atoms with Crippen LogP contribution in [0.15, 0.2) is 24.3 Å². The zero-order chi connectivity index (χ0) is 16.2. The number of rotatable bonds is 6. The van der Waals surface area contributed by atoms with Crippen molar-refractivity contribution in [2.45, 2.75) is 11.6 Å². The lowest BCUT2D eigenvalue weighted by molar-refractivity contribution is -0.137. The van der Waals surface area contributed by atoms with Crippen LogP contribution in [0.25, 0.3) is 0 Å². The predicted molar refractivity (Wildman–Crippen MR) is 82.8 cm³/mol. The number of halogens is 3. The van der Waals surface area contributed by atoms with Gasteiger partial charge in [-0.2, -0.15) is 24.9 Å². The van der Waals surface area contributed by atoms with Crippen molar-refractivity contribution in [2.75, 3.05) is 30.4 Å². The summed E-state index contributed by atoms with van der Waals surface area (Å²) in [6, 6.07) is 4.98. The van der Waals surface area contributed by atoms with Crippen LogP contribution in [0.4, 0.5) is 13.2 Å². The summed E-state index contributed by atoms with van der Waals surface area (Å²) in [5, 5.41) is 8.50. The molecule has 1 saturated heterocycles. The summed E-state index contributed by atoms with van der Waals surface area (Å²) in [5.41, 5.74) is 0.0200. The number of aliphatic hydroxyl groups excluding tert-OH is 1. The first-order chi connectivity index (χ1) is 10.4. The second-order valence-corrected chi connectivity index (χ2v) is 7.00. The fourth-order valence-electron chi connectivity index (χ4n) is 2.14. The molecule has 2 rings (SSSR count). The van der Waals surface area contributed by atoms with Gasteiger partial charge in [-0.05, 0) is 17.7 Å². The minimum absolute atomic E-state index is 0.000466. The number of hydrogen-bond acceptors (Lipinski definition) is 4. The van der Waals surface area contributed by atoms with Gasteiger partial charge in [0.15, 0.2) is 0 Å². The van der Waals surface area contributed by atoms with E-state index in [9.17, 15) is 18.0 Å². The highest BCUT2D eigenvalue weighted by Crippen LogP contribution is 2.39. The Labute approximate surface area is 135 Å². The van der Waals surface area contributed by atoms with Gasteiger partial charge in [-0.1, -0.05) is 12.1 Å². The fraction of sp³-hybridized carbons (Fsp3) is 0.500. The molecule has 122 valence electrons. The van der Waals surface area contributed by atoms with Crippen LogP contribution in [-0.4, -0.2) is 46.3 Å². The minimum atomic E-state index is -4.35. The van der Waals surface area contributed by atoms with Crippen molar-refractivity contribution >= 4 is 29.4 Å². The number of carbonyl (C=O) groups excluding carboxylic acids is 1. The summed E-state index contributed by atoms with van der Waals surface area (Å²) >= 11 is 2.97. The summed E-state index contributed by atoms with van der Waals surface area (Å²) < 4.78 is 37.7. The molecule has 1 N–H and O–H groups in total. The van der Waals surface area contributed by atoms with Crippen molar-refractivity contribution in [2.24, 2.45) is 0 Å². The Balaban J connectivity index is 2.04. The fourth-order valence-corrected chi connectivity index (χ4v) is 4.02. The molecule has 8 heteroatoms. The lowest BCUT2D eigenvalue weighted by atomic mass is 10.1. The summed E-state index contributed by atoms with van der Waals surface area (Å²) in [6.45, 7) is 0.623. The lowest BCUT2D eigenvalue weighted by Crippen LogP contribution is -2.30. The number of amides is 1. The van der Waals surface area contributed by atoms with E-state index in [0.717, 1.165) is 12.1 Å². The smallest absolute Gasteiger partial charge is 0.396 e. The number of nitrogens with zero attached hydrogens (tertiary/aromatic N) is 1. The number of alkyl halides is 3. The van der Waals surface area contributed by atoms with Crippen molar-refractivity contribution < 1.29 is 23.1 Å². The van der Waals surface area contributed by atoms with Gasteiger partial charge in [0.25, 0.3) is 0 Å². The molecule has 1 aliphatic rings. The molecule has 0 saturated carbocycles. The van der Waals surface area contributed by atoms with Crippen molar-refractivity contribution in [1.29, 1.82) is 0 Å². The van der Waals surface area contributed by atoms with Gasteiger partial charge in [-0.25, -0.2) is 0 Å². The highest BCUT2D eigenvalue weighted by molar-refractivity contribution is 8.00. The second kappa shape index (κ2) is 7.61. The molecule has 1 amide bonds. The molecule has 1 fully saturated rings. The van der Waals surface area contributed by atoms with Crippen molar-refractivity contribution in [3.63, 3.8) is 0 Å². The molecule has 1 aliphatic heterocycles. The van der Waals surface area contributed by atoms with Gasteiger partial charge in [0, 0.05) is 18.1 Å². The van der Waals surface area contributed by atoms with Crippen LogP contribution >= 0.6 is 23.5 Å². The average Bonchev–Trinajstić information content (AvgIpc) is 2.84. The number of aliphatic hydroxyl groups is 1. The Hall–Kier alpha value is -0.860. The topological polar surface area (TPSA) is 40.5 Å². The van der Waals surface area contributed by atoms with Crippen molar-refractivity contribution in [3.8, 4) is 0 Å². The van der Waals surface area contributed by atoms with Crippen LogP contribution in [0.1, 0.15) is 16.5 Å². The molecule has 22 heavy (non-hydrogen) atoms. The van der Waals surface area contributed by atoms with Gasteiger partial charge in [0.05, 0.1) is 17.9 Å². The summed E-state index contributed by atoms with van der Waals surface area (Å²) in [5.74, 6) is 1.65. The maximum Gasteiger partial charge on any atom is 0.416 e. The van der Waals surface area contributed by atoms with E-state index in [2.05, 4.69) is 0 Å². The van der Waals surface area contributed by atoms with Crippen LogP contribution in [0.5, 0.6) is 0 Å². The third-order valence-electron chi connectivity index (χ3n) is 3.20. The molecule has 1 unspecified atom stereocenters. The maximum atomic E-state index is 12.6. The molecule has 1 aromatic rings. The number of hydrogen-bond donors (Lipinski definition) is 1. The van der Waals surface area contributed by atoms with Crippen molar-refractivity contribution in [3.05, 3.63) is 35.4 Å². The second-order valence-electron chi connectivity index (χ2n) is 4.71. The molecule has 1 aromatic carbocycles. The van der Waals surface area contributed by atoms with Crippen molar-refractivity contribution in [1.82, 2.24) is 4.90 Å². The van der Waals surface area contributed by atoms with E-state index >= 15 is 0 Å². The molecule has 1 atom stereocenters. The quantitative estimate of drug-likeness (QED) is 0.800. The maximum absolute atomic E-state index is 12.6. The zero-order valence-electron chi connectivity index (χ0n) is 11.7. The third kappa shape index (κ3) is 4.33. The first-order valence-corrected chi connectivity index (χ1v) is 8.90. The Morgan fingerprint density at radius 1 is 1.27 bits per heavy atom. The van der Waals surface area contributed by atoms with Crippen LogP contribution in [-0.2, 0) is 11.0 Å². The number of carbonyl (C=O) groups is 1. The van der Waals surface area contributed by atoms with Gasteiger partial charge in [-0.15, -0.1) is 11.8 Å². The molecule has 0 radical (unpaired) electrons. The number of benzene rings is 1. The van der Waals surface area contributed by atoms with E-state index in [1.165, 1.54) is 23.9 Å². The van der Waals surface area contributed by atoms with Gasteiger partial charge < -0.3 is 10.0 Å². The highest BCUT2D eigenvalue weighted by atomic mass is 32.2. The predicted octanol–water partition coefficient (Wildman–Crippen LogP) is 3.00. The molecule has 0 aromatic heterocycles. The van der Waals surface area contributed by atoms with E-state index in [1.54, 1.807) is 16.7 Å². The van der Waals surface area contributed by atoms with Gasteiger partial charge in [-0.3, -0.25) is 4.79 Å². The molecular weight excluding hydrogens is 335 g/mol. The molecular formula is C14H16F3NO2S2.